The van der Waals surface area contributed by atoms with E-state index in [-0.39, 0.29) is 23.2 Å². The van der Waals surface area contributed by atoms with Crippen molar-refractivity contribution >= 4 is 21.4 Å². The summed E-state index contributed by atoms with van der Waals surface area (Å²) in [6.07, 6.45) is 1.30. The smallest absolute Gasteiger partial charge is 0.226 e. The molecule has 0 saturated heterocycles. The summed E-state index contributed by atoms with van der Waals surface area (Å²) >= 11 is 5.79. The summed E-state index contributed by atoms with van der Waals surface area (Å²) in [7, 11) is -3.40. The minimum Gasteiger partial charge on any atom is -0.444 e. The highest BCUT2D eigenvalue weighted by molar-refractivity contribution is 7.89. The van der Waals surface area contributed by atoms with Crippen molar-refractivity contribution in [3.63, 3.8) is 0 Å². The van der Waals surface area contributed by atoms with Crippen LogP contribution in [0.2, 0.25) is 5.02 Å². The first-order valence-electron chi connectivity index (χ1n) is 7.06. The molecule has 24 heavy (non-hydrogen) atoms. The first-order valence-corrected chi connectivity index (χ1v) is 9.26. The second kappa shape index (κ2) is 6.75. The molecule has 7 heteroatoms. The summed E-state index contributed by atoms with van der Waals surface area (Å²) in [4.78, 5) is 4.16. The average molecular weight is 366 g/mol. The van der Waals surface area contributed by atoms with Gasteiger partial charge in [0, 0.05) is 10.6 Å². The Hall–Kier alpha value is -2.18. The monoisotopic (exact) mass is 365 g/mol. The van der Waals surface area contributed by atoms with E-state index in [1.165, 1.54) is 30.5 Å². The Morgan fingerprint density at radius 2 is 1.67 bits per heavy atom. The largest absolute Gasteiger partial charge is 0.444 e. The molecule has 0 fully saturated rings. The fourth-order valence-electron chi connectivity index (χ4n) is 2.21. The van der Waals surface area contributed by atoms with Crippen LogP contribution in [-0.4, -0.2) is 13.4 Å². The lowest BCUT2D eigenvalue weighted by Crippen LogP contribution is -2.07. The van der Waals surface area contributed by atoms with E-state index in [4.69, 9.17) is 16.0 Å². The molecule has 0 saturated carbocycles. The van der Waals surface area contributed by atoms with Gasteiger partial charge in [0.2, 0.25) is 5.89 Å². The van der Waals surface area contributed by atoms with Crippen molar-refractivity contribution in [3.8, 4) is 11.5 Å². The highest BCUT2D eigenvalue weighted by Crippen LogP contribution is 2.21. The molecule has 0 unspecified atom stereocenters. The van der Waals surface area contributed by atoms with E-state index >= 15 is 0 Å². The Morgan fingerprint density at radius 3 is 2.33 bits per heavy atom. The van der Waals surface area contributed by atoms with E-state index in [1.807, 2.05) is 0 Å². The zero-order valence-electron chi connectivity index (χ0n) is 12.4. The van der Waals surface area contributed by atoms with Gasteiger partial charge in [0.05, 0.1) is 17.2 Å². The van der Waals surface area contributed by atoms with Gasteiger partial charge in [-0.05, 0) is 42.0 Å². The van der Waals surface area contributed by atoms with Crippen molar-refractivity contribution in [2.75, 3.05) is 0 Å². The summed E-state index contributed by atoms with van der Waals surface area (Å²) in [5.74, 6) is -0.453. The molecule has 3 rings (SSSR count). The second-order valence-electron chi connectivity index (χ2n) is 5.31. The maximum absolute atomic E-state index is 12.9. The fourth-order valence-corrected chi connectivity index (χ4v) is 3.72. The van der Waals surface area contributed by atoms with Crippen molar-refractivity contribution in [2.45, 2.75) is 11.5 Å². The SMILES string of the molecule is O=S(=O)(Cc1ccc(Cl)cc1)Cc1coc(-c2ccc(F)cc2)n1. The number of hydrogen-bond donors (Lipinski definition) is 0. The summed E-state index contributed by atoms with van der Waals surface area (Å²) in [6.45, 7) is 0. The molecule has 0 aliphatic rings. The molecule has 0 aliphatic heterocycles. The zero-order chi connectivity index (χ0) is 17.2. The summed E-state index contributed by atoms with van der Waals surface area (Å²) < 4.78 is 42.8. The van der Waals surface area contributed by atoms with Crippen LogP contribution in [-0.2, 0) is 21.3 Å². The number of aromatic nitrogens is 1. The third kappa shape index (κ3) is 4.21. The summed E-state index contributed by atoms with van der Waals surface area (Å²) in [5.41, 5.74) is 1.54. The molecule has 2 aromatic carbocycles. The van der Waals surface area contributed by atoms with Gasteiger partial charge in [0.15, 0.2) is 9.84 Å². The fraction of sp³-hybridized carbons (Fsp3) is 0.118. The van der Waals surface area contributed by atoms with E-state index in [9.17, 15) is 12.8 Å². The second-order valence-corrected chi connectivity index (χ2v) is 7.81. The van der Waals surface area contributed by atoms with Crippen molar-refractivity contribution in [1.82, 2.24) is 4.98 Å². The first kappa shape index (κ1) is 16.7. The van der Waals surface area contributed by atoms with Gasteiger partial charge in [-0.15, -0.1) is 0 Å². The predicted octanol–water partition coefficient (Wildman–Crippen LogP) is 4.25. The van der Waals surface area contributed by atoms with Gasteiger partial charge in [-0.1, -0.05) is 23.7 Å². The quantitative estimate of drug-likeness (QED) is 0.678. The van der Waals surface area contributed by atoms with E-state index in [0.717, 1.165) is 0 Å². The van der Waals surface area contributed by atoms with Gasteiger partial charge in [-0.2, -0.15) is 0 Å². The number of halogens is 2. The van der Waals surface area contributed by atoms with Crippen LogP contribution in [0.15, 0.2) is 59.2 Å². The van der Waals surface area contributed by atoms with Crippen LogP contribution in [0.1, 0.15) is 11.3 Å². The van der Waals surface area contributed by atoms with Crippen molar-refractivity contribution in [3.05, 3.63) is 76.9 Å². The van der Waals surface area contributed by atoms with E-state index in [0.29, 0.717) is 21.8 Å². The molecule has 1 heterocycles. The topological polar surface area (TPSA) is 60.2 Å². The van der Waals surface area contributed by atoms with Crippen molar-refractivity contribution < 1.29 is 17.2 Å². The van der Waals surface area contributed by atoms with Crippen LogP contribution in [0.4, 0.5) is 4.39 Å². The van der Waals surface area contributed by atoms with Crippen LogP contribution >= 0.6 is 11.6 Å². The summed E-state index contributed by atoms with van der Waals surface area (Å²) in [6, 6.07) is 12.3. The lowest BCUT2D eigenvalue weighted by atomic mass is 10.2. The van der Waals surface area contributed by atoms with Gasteiger partial charge in [-0.25, -0.2) is 17.8 Å². The lowest BCUT2D eigenvalue weighted by Gasteiger charge is -2.02. The van der Waals surface area contributed by atoms with Crippen LogP contribution in [0.25, 0.3) is 11.5 Å². The molecule has 3 aromatic rings. The molecule has 0 radical (unpaired) electrons. The van der Waals surface area contributed by atoms with E-state index in [1.54, 1.807) is 24.3 Å². The van der Waals surface area contributed by atoms with Crippen LogP contribution in [0.5, 0.6) is 0 Å². The average Bonchev–Trinajstić information content (AvgIpc) is 2.98. The van der Waals surface area contributed by atoms with Crippen molar-refractivity contribution in [1.29, 1.82) is 0 Å². The molecule has 0 aliphatic carbocycles. The number of rotatable bonds is 5. The molecule has 1 aromatic heterocycles. The van der Waals surface area contributed by atoms with E-state index < -0.39 is 9.84 Å². The van der Waals surface area contributed by atoms with E-state index in [2.05, 4.69) is 4.98 Å². The molecular formula is C17H13ClFNO3S. The molecule has 0 atom stereocenters. The minimum atomic E-state index is -3.40. The molecule has 0 N–H and O–H groups in total. The third-order valence-electron chi connectivity index (χ3n) is 3.31. The van der Waals surface area contributed by atoms with Crippen LogP contribution in [0, 0.1) is 5.82 Å². The summed E-state index contributed by atoms with van der Waals surface area (Å²) in [5, 5.41) is 0.552. The third-order valence-corrected chi connectivity index (χ3v) is 5.07. The van der Waals surface area contributed by atoms with Gasteiger partial charge in [-0.3, -0.25) is 0 Å². The van der Waals surface area contributed by atoms with Gasteiger partial charge in [0.1, 0.15) is 12.1 Å². The lowest BCUT2D eigenvalue weighted by molar-refractivity contribution is 0.571. The first-order chi connectivity index (χ1) is 11.4. The number of nitrogens with zero attached hydrogens (tertiary/aromatic N) is 1. The van der Waals surface area contributed by atoms with Crippen LogP contribution in [0.3, 0.4) is 0 Å². The number of oxazole rings is 1. The van der Waals surface area contributed by atoms with Gasteiger partial charge >= 0.3 is 0 Å². The Kier molecular flexibility index (Phi) is 4.69. The minimum absolute atomic E-state index is 0.108. The normalized spacial score (nSPS) is 11.6. The predicted molar refractivity (Wildman–Crippen MR) is 89.7 cm³/mol. The molecule has 0 amide bonds. The molecule has 124 valence electrons. The zero-order valence-corrected chi connectivity index (χ0v) is 14.0. The molecule has 0 bridgehead atoms. The molecule has 4 nitrogen and oxygen atoms in total. The van der Waals surface area contributed by atoms with Crippen molar-refractivity contribution in [2.24, 2.45) is 0 Å². The number of sulfone groups is 1. The maximum Gasteiger partial charge on any atom is 0.226 e. The number of benzene rings is 2. The van der Waals surface area contributed by atoms with Gasteiger partial charge in [0.25, 0.3) is 0 Å². The van der Waals surface area contributed by atoms with Crippen LogP contribution < -0.4 is 0 Å². The standard InChI is InChI=1S/C17H13ClFNO3S/c18-14-5-1-12(2-6-14)10-24(21,22)11-16-9-23-17(20-16)13-3-7-15(19)8-4-13/h1-9H,10-11H2. The Morgan fingerprint density at radius 1 is 1.00 bits per heavy atom. The molecule has 0 spiro atoms. The Bertz CT molecular complexity index is 935. The maximum atomic E-state index is 12.9. The number of hydrogen-bond acceptors (Lipinski definition) is 4. The molecular weight excluding hydrogens is 353 g/mol. The van der Waals surface area contributed by atoms with Gasteiger partial charge < -0.3 is 4.42 Å². The highest BCUT2D eigenvalue weighted by atomic mass is 35.5. The Balaban J connectivity index is 1.73. The highest BCUT2D eigenvalue weighted by Gasteiger charge is 2.17. The Labute approximate surface area is 143 Å².